The largest absolute Gasteiger partial charge is 0.308 e. The monoisotopic (exact) mass is 323 g/mol. The summed E-state index contributed by atoms with van der Waals surface area (Å²) in [6.45, 7) is 2.32. The molecule has 1 unspecified atom stereocenters. The summed E-state index contributed by atoms with van der Waals surface area (Å²) in [5, 5.41) is 13.8. The number of halogens is 2. The number of aromatic nitrogens is 1. The van der Waals surface area contributed by atoms with Crippen molar-refractivity contribution in [2.75, 3.05) is 6.54 Å². The molecule has 6 nitrogen and oxygen atoms in total. The van der Waals surface area contributed by atoms with Gasteiger partial charge in [0.2, 0.25) is 0 Å². The van der Waals surface area contributed by atoms with E-state index in [0.29, 0.717) is 12.1 Å². The molecular formula is C15H15F2N3O3. The molecule has 23 heavy (non-hydrogen) atoms. The highest BCUT2D eigenvalue weighted by Gasteiger charge is 2.10. The van der Waals surface area contributed by atoms with Crippen LogP contribution < -0.4 is 10.9 Å². The van der Waals surface area contributed by atoms with Crippen molar-refractivity contribution in [1.82, 2.24) is 9.88 Å². The molecule has 2 rings (SSSR count). The molecule has 0 saturated carbocycles. The van der Waals surface area contributed by atoms with Gasteiger partial charge in [-0.2, -0.15) is 0 Å². The van der Waals surface area contributed by atoms with Crippen molar-refractivity contribution < 1.29 is 13.7 Å². The molecule has 0 amide bonds. The van der Waals surface area contributed by atoms with E-state index in [0.717, 1.165) is 24.3 Å². The van der Waals surface area contributed by atoms with Crippen LogP contribution in [0.4, 0.5) is 14.5 Å². The Labute approximate surface area is 130 Å². The first-order valence-electron chi connectivity index (χ1n) is 6.91. The van der Waals surface area contributed by atoms with Crippen LogP contribution in [-0.4, -0.2) is 16.0 Å². The van der Waals surface area contributed by atoms with Crippen LogP contribution in [0.1, 0.15) is 18.5 Å². The van der Waals surface area contributed by atoms with Crippen LogP contribution >= 0.6 is 0 Å². The molecule has 122 valence electrons. The second kappa shape index (κ2) is 7.10. The average Bonchev–Trinajstić information content (AvgIpc) is 2.51. The van der Waals surface area contributed by atoms with Crippen LogP contribution in [0, 0.1) is 21.7 Å². The molecule has 8 heteroatoms. The highest BCUT2D eigenvalue weighted by atomic mass is 19.2. The number of nitrogens with one attached hydrogen (secondary N) is 1. The van der Waals surface area contributed by atoms with E-state index in [1.54, 1.807) is 6.92 Å². The highest BCUT2D eigenvalue weighted by Crippen LogP contribution is 2.15. The summed E-state index contributed by atoms with van der Waals surface area (Å²) in [5.74, 6) is -1.84. The second-order valence-corrected chi connectivity index (χ2v) is 5.03. The Kier molecular flexibility index (Phi) is 5.17. The Balaban J connectivity index is 1.99. The molecule has 1 atom stereocenters. The molecule has 2 aromatic rings. The van der Waals surface area contributed by atoms with Crippen molar-refractivity contribution in [1.29, 1.82) is 0 Å². The van der Waals surface area contributed by atoms with Gasteiger partial charge < -0.3 is 9.88 Å². The fraction of sp³-hybridized carbons (Fsp3) is 0.267. The lowest BCUT2D eigenvalue weighted by Gasteiger charge is -2.15. The highest BCUT2D eigenvalue weighted by molar-refractivity contribution is 5.24. The lowest BCUT2D eigenvalue weighted by molar-refractivity contribution is -0.385. The van der Waals surface area contributed by atoms with Gasteiger partial charge in [-0.3, -0.25) is 14.9 Å². The van der Waals surface area contributed by atoms with Crippen molar-refractivity contribution in [3.05, 3.63) is 74.2 Å². The number of benzene rings is 1. The minimum Gasteiger partial charge on any atom is -0.308 e. The van der Waals surface area contributed by atoms with Crippen LogP contribution in [0.5, 0.6) is 0 Å². The summed E-state index contributed by atoms with van der Waals surface area (Å²) in [4.78, 5) is 21.8. The Morgan fingerprint density at radius 3 is 2.65 bits per heavy atom. The molecule has 0 fully saturated rings. The van der Waals surface area contributed by atoms with Crippen molar-refractivity contribution in [2.45, 2.75) is 19.5 Å². The van der Waals surface area contributed by atoms with Crippen LogP contribution in [0.15, 0.2) is 41.3 Å². The Morgan fingerprint density at radius 2 is 2.00 bits per heavy atom. The summed E-state index contributed by atoms with van der Waals surface area (Å²) in [5.41, 5.74) is 0.0476. The maximum Gasteiger partial charge on any atom is 0.285 e. The van der Waals surface area contributed by atoms with Gasteiger partial charge >= 0.3 is 0 Å². The summed E-state index contributed by atoms with van der Waals surface area (Å²) >= 11 is 0. The van der Waals surface area contributed by atoms with Crippen molar-refractivity contribution in [3.63, 3.8) is 0 Å². The summed E-state index contributed by atoms with van der Waals surface area (Å²) in [7, 11) is 0. The fourth-order valence-corrected chi connectivity index (χ4v) is 2.10. The van der Waals surface area contributed by atoms with Crippen molar-refractivity contribution >= 4 is 5.69 Å². The number of rotatable bonds is 6. The topological polar surface area (TPSA) is 77.2 Å². The Bertz CT molecular complexity index is 777. The molecule has 1 N–H and O–H groups in total. The zero-order valence-electron chi connectivity index (χ0n) is 12.3. The van der Waals surface area contributed by atoms with Crippen LogP contribution in [-0.2, 0) is 6.54 Å². The molecule has 0 radical (unpaired) electrons. The van der Waals surface area contributed by atoms with Gasteiger partial charge in [-0.15, -0.1) is 0 Å². The van der Waals surface area contributed by atoms with E-state index in [1.165, 1.54) is 16.8 Å². The van der Waals surface area contributed by atoms with Gasteiger partial charge in [0.1, 0.15) is 0 Å². The molecule has 0 saturated heterocycles. The van der Waals surface area contributed by atoms with E-state index in [2.05, 4.69) is 5.32 Å². The van der Waals surface area contributed by atoms with Crippen molar-refractivity contribution in [2.24, 2.45) is 0 Å². The van der Waals surface area contributed by atoms with Gasteiger partial charge in [-0.1, -0.05) is 6.07 Å². The number of nitro groups is 1. The minimum atomic E-state index is -0.925. The molecule has 1 heterocycles. The second-order valence-electron chi connectivity index (χ2n) is 5.03. The molecular weight excluding hydrogens is 308 g/mol. The van der Waals surface area contributed by atoms with E-state index in [4.69, 9.17) is 0 Å². The molecule has 0 aliphatic carbocycles. The quantitative estimate of drug-likeness (QED) is 0.654. The van der Waals surface area contributed by atoms with Gasteiger partial charge in [0.05, 0.1) is 11.1 Å². The first kappa shape index (κ1) is 16.8. The van der Waals surface area contributed by atoms with Crippen LogP contribution in [0.3, 0.4) is 0 Å². The molecule has 0 aliphatic rings. The minimum absolute atomic E-state index is 0.168. The number of pyridine rings is 1. The lowest BCUT2D eigenvalue weighted by Crippen LogP contribution is -2.28. The van der Waals surface area contributed by atoms with Crippen molar-refractivity contribution in [3.8, 4) is 0 Å². The molecule has 0 aliphatic heterocycles. The average molecular weight is 323 g/mol. The number of hydrogen-bond acceptors (Lipinski definition) is 4. The first-order valence-corrected chi connectivity index (χ1v) is 6.91. The smallest absolute Gasteiger partial charge is 0.285 e. The third-order valence-electron chi connectivity index (χ3n) is 3.43. The summed E-state index contributed by atoms with van der Waals surface area (Å²) in [6, 6.07) is 5.64. The predicted octanol–water partition coefficient (Wildman–Crippen LogP) is 2.39. The van der Waals surface area contributed by atoms with E-state index in [-0.39, 0.29) is 23.8 Å². The van der Waals surface area contributed by atoms with Gasteiger partial charge in [0.25, 0.3) is 11.2 Å². The third-order valence-corrected chi connectivity index (χ3v) is 3.43. The normalized spacial score (nSPS) is 12.1. The lowest BCUT2D eigenvalue weighted by atomic mass is 10.1. The van der Waals surface area contributed by atoms with Crippen LogP contribution in [0.25, 0.3) is 0 Å². The fourth-order valence-electron chi connectivity index (χ4n) is 2.10. The van der Waals surface area contributed by atoms with Gasteiger partial charge in [0.15, 0.2) is 11.6 Å². The zero-order valence-corrected chi connectivity index (χ0v) is 12.3. The van der Waals surface area contributed by atoms with E-state index >= 15 is 0 Å². The first-order chi connectivity index (χ1) is 10.9. The van der Waals surface area contributed by atoms with E-state index < -0.39 is 16.6 Å². The molecule has 1 aromatic heterocycles. The molecule has 0 bridgehead atoms. The number of nitrogens with zero attached hydrogens (tertiary/aromatic N) is 2. The maximum absolute atomic E-state index is 13.2. The third kappa shape index (κ3) is 4.19. The summed E-state index contributed by atoms with van der Waals surface area (Å²) < 4.78 is 27.3. The molecule has 1 aromatic carbocycles. The Hall–Kier alpha value is -2.61. The van der Waals surface area contributed by atoms with Gasteiger partial charge in [-0.05, 0) is 24.6 Å². The van der Waals surface area contributed by atoms with Gasteiger partial charge in [-0.25, -0.2) is 8.78 Å². The predicted molar refractivity (Wildman–Crippen MR) is 80.1 cm³/mol. The maximum atomic E-state index is 13.2. The van der Waals surface area contributed by atoms with Crippen LogP contribution in [0.2, 0.25) is 0 Å². The Morgan fingerprint density at radius 1 is 1.26 bits per heavy atom. The SMILES string of the molecule is CC(NCCn1cc([N+](=O)[O-])ccc1=O)c1ccc(F)c(F)c1. The van der Waals surface area contributed by atoms with Gasteiger partial charge in [0, 0.05) is 31.3 Å². The van der Waals surface area contributed by atoms with E-state index in [1.807, 2.05) is 0 Å². The molecule has 0 spiro atoms. The zero-order chi connectivity index (χ0) is 17.0. The van der Waals surface area contributed by atoms with E-state index in [9.17, 15) is 23.7 Å². The standard InChI is InChI=1S/C15H15F2N3O3/c1-10(11-2-4-13(16)14(17)8-11)18-6-7-19-9-12(20(22)23)3-5-15(19)21/h2-5,8-10,18H,6-7H2,1H3. The summed E-state index contributed by atoms with van der Waals surface area (Å²) in [6.07, 6.45) is 1.17. The number of hydrogen-bond donors (Lipinski definition) is 1.